The first kappa shape index (κ1) is 44.1. The van der Waals surface area contributed by atoms with Gasteiger partial charge in [0.2, 0.25) is 23.6 Å². The topological polar surface area (TPSA) is 139 Å². The van der Waals surface area contributed by atoms with Gasteiger partial charge in [-0.05, 0) is 43.2 Å². The molecule has 9 atom stereocenters. The van der Waals surface area contributed by atoms with Crippen LogP contribution in [0, 0.1) is 23.7 Å². The molecule has 12 heteroatoms. The molecule has 0 aliphatic carbocycles. The summed E-state index contributed by atoms with van der Waals surface area (Å²) in [6, 6.07) is 7.92. The number of nitrogens with zero attached hydrogens (tertiary/aromatic N) is 2. The van der Waals surface area contributed by atoms with Gasteiger partial charge >= 0.3 is 0 Å². The first-order valence-corrected chi connectivity index (χ1v) is 18.6. The van der Waals surface area contributed by atoms with Crippen molar-refractivity contribution in [2.45, 2.75) is 117 Å². The summed E-state index contributed by atoms with van der Waals surface area (Å²) >= 11 is 0. The standard InChI is InChI=1S/C39H67N5O7/c1-13-26(6)35(43(9)39(48)34(25(4)5)42-38(47)33(40-8)24(2)3)31(50-11)22-32(45)44-23-29(49-10)21-30(44)36(51-12)27(7)37(46)41-20-19-28-17-15-14-16-18-28/h14-18,24-27,29-31,33-36,40H,13,19-23H2,1-12H3,(H,41,46)(H,42,47)/t26?,27-,29+,30+,31-,33+,34+,35+,36-/m1/s1. The fourth-order valence-corrected chi connectivity index (χ4v) is 7.34. The summed E-state index contributed by atoms with van der Waals surface area (Å²) in [5, 5.41) is 9.08. The third-order valence-electron chi connectivity index (χ3n) is 10.6. The Morgan fingerprint density at radius 2 is 1.55 bits per heavy atom. The molecule has 1 aliphatic rings. The number of benzene rings is 1. The van der Waals surface area contributed by atoms with Gasteiger partial charge in [-0.3, -0.25) is 19.2 Å². The first-order valence-electron chi connectivity index (χ1n) is 18.6. The van der Waals surface area contributed by atoms with Crippen molar-refractivity contribution in [3.63, 3.8) is 0 Å². The third kappa shape index (κ3) is 12.0. The van der Waals surface area contributed by atoms with Crippen molar-refractivity contribution >= 4 is 23.6 Å². The molecule has 0 radical (unpaired) electrons. The second-order valence-corrected chi connectivity index (χ2v) is 14.8. The molecule has 1 aromatic carbocycles. The lowest BCUT2D eigenvalue weighted by Gasteiger charge is -2.41. The number of hydrogen-bond acceptors (Lipinski definition) is 8. The zero-order chi connectivity index (χ0) is 38.4. The van der Waals surface area contributed by atoms with Gasteiger partial charge in [-0.15, -0.1) is 0 Å². The van der Waals surface area contributed by atoms with E-state index < -0.39 is 42.3 Å². The van der Waals surface area contributed by atoms with E-state index in [0.29, 0.717) is 25.9 Å². The van der Waals surface area contributed by atoms with Crippen molar-refractivity contribution in [3.8, 4) is 0 Å². The van der Waals surface area contributed by atoms with Crippen molar-refractivity contribution in [2.24, 2.45) is 23.7 Å². The Balaban J connectivity index is 2.28. The number of rotatable bonds is 21. The second kappa shape index (κ2) is 21.5. The van der Waals surface area contributed by atoms with E-state index in [0.717, 1.165) is 12.0 Å². The van der Waals surface area contributed by atoms with Crippen molar-refractivity contribution in [1.82, 2.24) is 25.8 Å². The number of hydrogen-bond donors (Lipinski definition) is 3. The van der Waals surface area contributed by atoms with Crippen LogP contribution < -0.4 is 16.0 Å². The predicted molar refractivity (Wildman–Crippen MR) is 200 cm³/mol. The molecule has 0 saturated carbocycles. The molecular weight excluding hydrogens is 650 g/mol. The lowest BCUT2D eigenvalue weighted by atomic mass is 9.89. The number of likely N-dealkylation sites (tertiary alicyclic amines) is 1. The maximum absolute atomic E-state index is 14.3. The van der Waals surface area contributed by atoms with Gasteiger partial charge in [-0.2, -0.15) is 0 Å². The van der Waals surface area contributed by atoms with Crippen LogP contribution in [0.3, 0.4) is 0 Å². The molecular formula is C39H67N5O7. The summed E-state index contributed by atoms with van der Waals surface area (Å²) in [5.74, 6) is -1.46. The maximum Gasteiger partial charge on any atom is 0.245 e. The zero-order valence-electron chi connectivity index (χ0n) is 33.2. The van der Waals surface area contributed by atoms with Gasteiger partial charge in [0.25, 0.3) is 0 Å². The molecule has 1 unspecified atom stereocenters. The number of carbonyl (C=O) groups is 4. The molecule has 1 fully saturated rings. The monoisotopic (exact) mass is 718 g/mol. The van der Waals surface area contributed by atoms with Crippen LogP contribution in [0.2, 0.25) is 0 Å². The van der Waals surface area contributed by atoms with Crippen LogP contribution in [0.15, 0.2) is 30.3 Å². The molecule has 1 heterocycles. The van der Waals surface area contributed by atoms with E-state index in [9.17, 15) is 19.2 Å². The lowest BCUT2D eigenvalue weighted by Crippen LogP contribution is -2.59. The van der Waals surface area contributed by atoms with Crippen LogP contribution in [-0.4, -0.2) is 124 Å². The van der Waals surface area contributed by atoms with Crippen LogP contribution >= 0.6 is 0 Å². The van der Waals surface area contributed by atoms with Gasteiger partial charge in [-0.25, -0.2) is 0 Å². The van der Waals surface area contributed by atoms with Gasteiger partial charge in [-0.1, -0.05) is 85.2 Å². The van der Waals surface area contributed by atoms with Crippen LogP contribution in [0.4, 0.5) is 0 Å². The summed E-state index contributed by atoms with van der Waals surface area (Å²) in [6.07, 6.45) is 0.567. The summed E-state index contributed by atoms with van der Waals surface area (Å²) in [4.78, 5) is 58.4. The van der Waals surface area contributed by atoms with Crippen molar-refractivity contribution in [1.29, 1.82) is 0 Å². The summed E-state index contributed by atoms with van der Waals surface area (Å²) in [5.41, 5.74) is 1.14. The molecule has 12 nitrogen and oxygen atoms in total. The van der Waals surface area contributed by atoms with E-state index in [4.69, 9.17) is 14.2 Å². The molecule has 0 aromatic heterocycles. The Morgan fingerprint density at radius 1 is 0.922 bits per heavy atom. The van der Waals surface area contributed by atoms with Crippen LogP contribution in [0.5, 0.6) is 0 Å². The first-order chi connectivity index (χ1) is 24.2. The van der Waals surface area contributed by atoms with Gasteiger partial charge in [0.1, 0.15) is 6.04 Å². The Labute approximate surface area is 307 Å². The molecule has 3 N–H and O–H groups in total. The van der Waals surface area contributed by atoms with Crippen LogP contribution in [-0.2, 0) is 39.8 Å². The number of carbonyl (C=O) groups excluding carboxylic acids is 4. The minimum Gasteiger partial charge on any atom is -0.380 e. The minimum atomic E-state index is -0.759. The Bertz CT molecular complexity index is 1230. The second-order valence-electron chi connectivity index (χ2n) is 14.8. The summed E-state index contributed by atoms with van der Waals surface area (Å²) in [6.45, 7) is 14.5. The molecule has 290 valence electrons. The Hall–Kier alpha value is -3.06. The van der Waals surface area contributed by atoms with E-state index in [1.165, 1.54) is 0 Å². The summed E-state index contributed by atoms with van der Waals surface area (Å²) in [7, 11) is 8.22. The number of nitrogens with one attached hydrogen (secondary N) is 3. The zero-order valence-corrected chi connectivity index (χ0v) is 33.2. The smallest absolute Gasteiger partial charge is 0.245 e. The van der Waals surface area contributed by atoms with Crippen LogP contribution in [0.1, 0.15) is 73.3 Å². The number of likely N-dealkylation sites (N-methyl/N-ethyl adjacent to an activating group) is 2. The van der Waals surface area contributed by atoms with Crippen molar-refractivity contribution < 1.29 is 33.4 Å². The molecule has 0 spiro atoms. The molecule has 2 rings (SSSR count). The van der Waals surface area contributed by atoms with E-state index in [1.807, 2.05) is 78.8 Å². The Kier molecular flexibility index (Phi) is 18.6. The van der Waals surface area contributed by atoms with Crippen LogP contribution in [0.25, 0.3) is 0 Å². The fraction of sp³-hybridized carbons (Fsp3) is 0.744. The van der Waals surface area contributed by atoms with E-state index in [-0.39, 0.29) is 53.9 Å². The normalized spacial score (nSPS) is 20.3. The highest BCUT2D eigenvalue weighted by molar-refractivity contribution is 5.90. The molecule has 1 saturated heterocycles. The number of methoxy groups -OCH3 is 3. The highest BCUT2D eigenvalue weighted by Gasteiger charge is 2.45. The lowest BCUT2D eigenvalue weighted by molar-refractivity contribution is -0.147. The van der Waals surface area contributed by atoms with Gasteiger partial charge in [0, 0.05) is 41.5 Å². The predicted octanol–water partition coefficient (Wildman–Crippen LogP) is 3.28. The number of amides is 4. The SMILES string of the molecule is CCC(C)[C@@H]([C@@H](CC(=O)N1C[C@@H](OC)C[C@H]1[C@H](OC)[C@@H](C)C(=O)NCCc1ccccc1)OC)N(C)C(=O)[C@@H](NC(=O)[C@@H](NC)C(C)C)C(C)C. The summed E-state index contributed by atoms with van der Waals surface area (Å²) < 4.78 is 17.7. The number of ether oxygens (including phenoxy) is 3. The molecule has 1 aromatic rings. The largest absolute Gasteiger partial charge is 0.380 e. The minimum absolute atomic E-state index is 0.0119. The van der Waals surface area contributed by atoms with Gasteiger partial charge in [0.05, 0.1) is 48.8 Å². The molecule has 51 heavy (non-hydrogen) atoms. The van der Waals surface area contributed by atoms with E-state index in [2.05, 4.69) is 16.0 Å². The molecule has 1 aliphatic heterocycles. The van der Waals surface area contributed by atoms with Gasteiger partial charge < -0.3 is 40.0 Å². The third-order valence-corrected chi connectivity index (χ3v) is 10.6. The van der Waals surface area contributed by atoms with Crippen molar-refractivity contribution in [2.75, 3.05) is 48.5 Å². The molecule has 0 bridgehead atoms. The van der Waals surface area contributed by atoms with E-state index in [1.54, 1.807) is 45.2 Å². The van der Waals surface area contributed by atoms with Crippen molar-refractivity contribution in [3.05, 3.63) is 35.9 Å². The average molecular weight is 718 g/mol. The molecule has 4 amide bonds. The van der Waals surface area contributed by atoms with Gasteiger partial charge in [0.15, 0.2) is 0 Å². The fourth-order valence-electron chi connectivity index (χ4n) is 7.34. The Morgan fingerprint density at radius 3 is 2.06 bits per heavy atom. The highest BCUT2D eigenvalue weighted by atomic mass is 16.5. The quantitative estimate of drug-likeness (QED) is 0.176. The average Bonchev–Trinajstić information content (AvgIpc) is 3.54. The maximum atomic E-state index is 14.3. The highest BCUT2D eigenvalue weighted by Crippen LogP contribution is 2.30. The van der Waals surface area contributed by atoms with E-state index >= 15 is 0 Å².